The van der Waals surface area contributed by atoms with Crippen molar-refractivity contribution < 1.29 is 50.4 Å². The number of nitrogens with zero attached hydrogens (tertiary/aromatic N) is 6. The van der Waals surface area contributed by atoms with Gasteiger partial charge in [-0.3, -0.25) is 15.0 Å². The molecule has 0 atom stereocenters. The van der Waals surface area contributed by atoms with Crippen LogP contribution in [0.2, 0.25) is 0 Å². The molecule has 4 heterocycles. The Bertz CT molecular complexity index is 3940. The first kappa shape index (κ1) is 68.2. The van der Waals surface area contributed by atoms with Crippen LogP contribution < -0.4 is 5.11 Å². The molecule has 0 fully saturated rings. The second-order valence-electron chi connectivity index (χ2n) is 20.7. The molecule has 0 unspecified atom stereocenters. The van der Waals surface area contributed by atoms with Gasteiger partial charge in [-0.15, -0.1) is 108 Å². The smallest absolute Gasteiger partial charge is 0.0774 e. The van der Waals surface area contributed by atoms with Gasteiger partial charge in [0.1, 0.15) is 0 Å². The van der Waals surface area contributed by atoms with Gasteiger partial charge in [0.05, 0.1) is 39.4 Å². The number of para-hydroxylation sites is 6. The average molecular weight is 1530 g/mol. The van der Waals surface area contributed by atoms with E-state index in [9.17, 15) is 0 Å². The van der Waals surface area contributed by atoms with Crippen molar-refractivity contribution in [3.05, 3.63) is 327 Å². The summed E-state index contributed by atoms with van der Waals surface area (Å²) in [6.45, 7) is 8.91. The standard InChI is InChI=1S/2C22H19N2.C17H13N.C17H12N.CH4O.CH3O.2Ir/c2*1-16(2)18-12-6-8-14-20(18)24-21-15-9-7-13-19(21)23-22(24)17-10-4-3-5-11-17;2*1-3-7-14(8-4-1)16-11-12-17(18-13-16)15-9-5-2-6-10-15;2*1-2;;/h2*3-10,12-16H,1-2H3;1-13H;1-9,11-13H;2H,1H3;1H3;;/q2*-1;;-1;;-1;;. The van der Waals surface area contributed by atoms with Crippen LogP contribution in [0.3, 0.4) is 0 Å². The largest absolute Gasteiger partial charge is 0.857 e. The molecule has 10 heteroatoms. The summed E-state index contributed by atoms with van der Waals surface area (Å²) in [4.78, 5) is 18.8. The number of aliphatic hydroxyl groups excluding tert-OH is 1. The van der Waals surface area contributed by atoms with Crippen molar-refractivity contribution >= 4 is 22.1 Å². The van der Waals surface area contributed by atoms with Crippen molar-refractivity contribution in [1.82, 2.24) is 29.1 Å². The van der Waals surface area contributed by atoms with Crippen LogP contribution in [0.25, 0.3) is 101 Å². The van der Waals surface area contributed by atoms with Crippen molar-refractivity contribution in [2.45, 2.75) is 39.5 Å². The SMILES string of the molecule is CC(C)c1ccccc1-n1c(-c2[c-]cccc2)nc2ccccc21.CC(C)c1ccccc1-n1c(-c2[c-]cccc2)nc2ccccc21.CO.C[O-].[Ir].[Ir].[c-]1ccccc1-c1ccc(-c2ccccc2)cn1.c1ccc(-c2ccc(-c3ccccc3)nc2)cc1. The maximum absolute atomic E-state index is 8.25. The quantitative estimate of drug-likeness (QED) is 0.137. The predicted octanol–water partition coefficient (Wildman–Crippen LogP) is 18.4. The van der Waals surface area contributed by atoms with Gasteiger partial charge in [0, 0.05) is 82.2 Å². The summed E-state index contributed by atoms with van der Waals surface area (Å²) in [5.74, 6) is 2.75. The molecular formula is C80H70Ir2N6O2-4. The number of imidazole rings is 2. The Hall–Kier alpha value is -9.34. The molecule has 14 rings (SSSR count). The number of rotatable bonds is 10. The van der Waals surface area contributed by atoms with E-state index in [2.05, 4.69) is 217 Å². The number of fused-ring (bicyclic) bond motifs is 2. The zero-order valence-corrected chi connectivity index (χ0v) is 55.9. The van der Waals surface area contributed by atoms with E-state index in [-0.39, 0.29) is 40.2 Å². The first-order valence-electron chi connectivity index (χ1n) is 29.4. The molecule has 2 radical (unpaired) electrons. The molecule has 0 saturated heterocycles. The zero-order chi connectivity index (χ0) is 61.5. The number of aromatic nitrogens is 6. The molecule has 0 aliphatic heterocycles. The molecule has 14 aromatic rings. The van der Waals surface area contributed by atoms with Gasteiger partial charge >= 0.3 is 0 Å². The Morgan fingerprint density at radius 2 is 0.667 bits per heavy atom. The summed E-state index contributed by atoms with van der Waals surface area (Å²) in [5, 5.41) is 15.2. The van der Waals surface area contributed by atoms with Crippen LogP contribution in [-0.4, -0.2) is 48.4 Å². The number of pyridine rings is 2. The van der Waals surface area contributed by atoms with Crippen LogP contribution >= 0.6 is 0 Å². The molecule has 454 valence electrons. The van der Waals surface area contributed by atoms with Crippen molar-refractivity contribution in [1.29, 1.82) is 0 Å². The summed E-state index contributed by atoms with van der Waals surface area (Å²) < 4.78 is 4.52. The van der Waals surface area contributed by atoms with Crippen molar-refractivity contribution in [3.8, 4) is 78.9 Å². The summed E-state index contributed by atoms with van der Waals surface area (Å²) >= 11 is 0. The van der Waals surface area contributed by atoms with E-state index in [4.69, 9.17) is 20.2 Å². The monoisotopic (exact) mass is 1530 g/mol. The maximum Gasteiger partial charge on any atom is 0.0774 e. The molecule has 0 spiro atoms. The van der Waals surface area contributed by atoms with Crippen LogP contribution in [0, 0.1) is 18.2 Å². The van der Waals surface area contributed by atoms with Crippen LogP contribution in [0.5, 0.6) is 0 Å². The Kier molecular flexibility index (Phi) is 26.5. The number of aliphatic hydroxyl groups is 1. The van der Waals surface area contributed by atoms with Gasteiger partial charge in [-0.25, -0.2) is 0 Å². The summed E-state index contributed by atoms with van der Waals surface area (Å²) in [5.41, 5.74) is 20.1. The fourth-order valence-corrected chi connectivity index (χ4v) is 10.2. The van der Waals surface area contributed by atoms with Gasteiger partial charge in [-0.05, 0) is 87.8 Å². The van der Waals surface area contributed by atoms with Gasteiger partial charge < -0.3 is 24.3 Å². The van der Waals surface area contributed by atoms with Gasteiger partial charge in [-0.2, -0.15) is 7.11 Å². The molecule has 0 saturated carbocycles. The Labute approximate surface area is 557 Å². The first-order chi connectivity index (χ1) is 43.4. The molecule has 1 N–H and O–H groups in total. The Morgan fingerprint density at radius 3 is 1.03 bits per heavy atom. The topological polar surface area (TPSA) is 105 Å². The molecule has 4 aromatic heterocycles. The van der Waals surface area contributed by atoms with Gasteiger partial charge in [-0.1, -0.05) is 198 Å². The predicted molar refractivity (Wildman–Crippen MR) is 362 cm³/mol. The van der Waals surface area contributed by atoms with E-state index in [1.807, 2.05) is 146 Å². The van der Waals surface area contributed by atoms with Gasteiger partial charge in [0.2, 0.25) is 0 Å². The average Bonchev–Trinajstić information content (AvgIpc) is 1.64. The van der Waals surface area contributed by atoms with E-state index in [0.717, 1.165) is 92.7 Å². The minimum Gasteiger partial charge on any atom is -0.857 e. The summed E-state index contributed by atoms with van der Waals surface area (Å²) in [6.07, 6.45) is 3.84. The number of hydrogen-bond donors (Lipinski definition) is 1. The van der Waals surface area contributed by atoms with Crippen LogP contribution in [-0.2, 0) is 40.2 Å². The van der Waals surface area contributed by atoms with E-state index < -0.39 is 0 Å². The third-order valence-corrected chi connectivity index (χ3v) is 14.4. The third kappa shape index (κ3) is 17.1. The van der Waals surface area contributed by atoms with E-state index in [1.54, 1.807) is 0 Å². The Balaban J connectivity index is 0.000000168. The fourth-order valence-electron chi connectivity index (χ4n) is 10.2. The second-order valence-corrected chi connectivity index (χ2v) is 20.7. The Morgan fingerprint density at radius 1 is 0.333 bits per heavy atom. The van der Waals surface area contributed by atoms with E-state index in [0.29, 0.717) is 11.8 Å². The van der Waals surface area contributed by atoms with Gasteiger partial charge in [0.25, 0.3) is 0 Å². The fraction of sp³-hybridized carbons (Fsp3) is 0.100. The van der Waals surface area contributed by atoms with E-state index >= 15 is 0 Å². The van der Waals surface area contributed by atoms with Crippen molar-refractivity contribution in [3.63, 3.8) is 0 Å². The third-order valence-electron chi connectivity index (χ3n) is 14.4. The summed E-state index contributed by atoms with van der Waals surface area (Å²) in [7, 11) is 1.75. The second kappa shape index (κ2) is 35.0. The molecule has 0 aliphatic carbocycles. The van der Waals surface area contributed by atoms with Crippen molar-refractivity contribution in [2.75, 3.05) is 14.2 Å². The molecule has 8 nitrogen and oxygen atoms in total. The van der Waals surface area contributed by atoms with E-state index in [1.165, 1.54) is 33.6 Å². The summed E-state index contributed by atoms with van der Waals surface area (Å²) in [6, 6.07) is 107. The van der Waals surface area contributed by atoms with Crippen LogP contribution in [0.1, 0.15) is 50.7 Å². The maximum atomic E-state index is 8.25. The van der Waals surface area contributed by atoms with Crippen LogP contribution in [0.4, 0.5) is 0 Å². The number of hydrogen-bond acceptors (Lipinski definition) is 6. The molecule has 0 bridgehead atoms. The zero-order valence-electron chi connectivity index (χ0n) is 51.2. The molecule has 0 aliphatic rings. The normalized spacial score (nSPS) is 10.2. The number of benzene rings is 10. The van der Waals surface area contributed by atoms with Crippen molar-refractivity contribution in [2.24, 2.45) is 0 Å². The first-order valence-corrected chi connectivity index (χ1v) is 29.4. The molecule has 0 amide bonds. The van der Waals surface area contributed by atoms with Crippen LogP contribution in [0.15, 0.2) is 298 Å². The van der Waals surface area contributed by atoms with Gasteiger partial charge in [0.15, 0.2) is 0 Å². The molecular weight excluding hydrogens is 1460 g/mol. The minimum absolute atomic E-state index is 0. The minimum atomic E-state index is 0. The molecule has 10 aromatic carbocycles. The molecule has 90 heavy (non-hydrogen) atoms.